The van der Waals surface area contributed by atoms with Crippen LogP contribution in [0.4, 0.5) is 0 Å². The lowest BCUT2D eigenvalue weighted by atomic mass is 10.2. The molecule has 0 aliphatic carbocycles. The zero-order valence-electron chi connectivity index (χ0n) is 14.6. The van der Waals surface area contributed by atoms with Crippen LogP contribution in [-0.4, -0.2) is 37.8 Å². The summed E-state index contributed by atoms with van der Waals surface area (Å²) < 4.78 is 0. The van der Waals surface area contributed by atoms with Crippen LogP contribution in [0.1, 0.15) is 24.2 Å². The average molecular weight is 345 g/mol. The van der Waals surface area contributed by atoms with Crippen LogP contribution in [0.3, 0.4) is 0 Å². The van der Waals surface area contributed by atoms with Crippen molar-refractivity contribution in [3.8, 4) is 0 Å². The van der Waals surface area contributed by atoms with E-state index in [1.165, 1.54) is 0 Å². The number of nitrogens with one attached hydrogen (secondary N) is 2. The SMILES string of the molecule is CC(c1cc2ccccc2[nH]1)N(C)C(=O)/C=C/c1ccnc2nc[nH]c12. The molecule has 6 heteroatoms. The van der Waals surface area contributed by atoms with E-state index in [1.807, 2.05) is 31.2 Å². The van der Waals surface area contributed by atoms with E-state index < -0.39 is 0 Å². The van der Waals surface area contributed by atoms with E-state index in [-0.39, 0.29) is 11.9 Å². The molecule has 26 heavy (non-hydrogen) atoms. The molecule has 4 rings (SSSR count). The van der Waals surface area contributed by atoms with Crippen LogP contribution in [0.5, 0.6) is 0 Å². The first kappa shape index (κ1) is 16.1. The molecule has 1 atom stereocenters. The fraction of sp³-hybridized carbons (Fsp3) is 0.150. The molecule has 0 radical (unpaired) electrons. The summed E-state index contributed by atoms with van der Waals surface area (Å²) in [5.41, 5.74) is 4.43. The van der Waals surface area contributed by atoms with Gasteiger partial charge in [0.15, 0.2) is 5.65 Å². The summed E-state index contributed by atoms with van der Waals surface area (Å²) in [5.74, 6) is -0.0689. The van der Waals surface area contributed by atoms with Gasteiger partial charge in [-0.3, -0.25) is 4.79 Å². The van der Waals surface area contributed by atoms with Crippen LogP contribution < -0.4 is 0 Å². The second-order valence-corrected chi connectivity index (χ2v) is 6.27. The number of carbonyl (C=O) groups is 1. The summed E-state index contributed by atoms with van der Waals surface area (Å²) >= 11 is 0. The topological polar surface area (TPSA) is 77.7 Å². The van der Waals surface area contributed by atoms with E-state index in [2.05, 4.69) is 32.1 Å². The molecule has 0 saturated carbocycles. The summed E-state index contributed by atoms with van der Waals surface area (Å²) in [6.45, 7) is 2.01. The van der Waals surface area contributed by atoms with Gasteiger partial charge in [-0.2, -0.15) is 0 Å². The Morgan fingerprint density at radius 2 is 2.08 bits per heavy atom. The second-order valence-electron chi connectivity index (χ2n) is 6.27. The second kappa shape index (κ2) is 6.48. The summed E-state index contributed by atoms with van der Waals surface area (Å²) in [7, 11) is 1.81. The fourth-order valence-electron chi connectivity index (χ4n) is 3.01. The van der Waals surface area contributed by atoms with Gasteiger partial charge < -0.3 is 14.9 Å². The molecular weight excluding hydrogens is 326 g/mol. The Kier molecular flexibility index (Phi) is 4.01. The molecule has 2 N–H and O–H groups in total. The number of benzene rings is 1. The predicted molar refractivity (Wildman–Crippen MR) is 102 cm³/mol. The van der Waals surface area contributed by atoms with E-state index in [9.17, 15) is 4.79 Å². The molecule has 0 saturated heterocycles. The maximum atomic E-state index is 12.6. The maximum absolute atomic E-state index is 12.6. The van der Waals surface area contributed by atoms with Crippen LogP contribution in [0.25, 0.3) is 28.1 Å². The molecule has 3 heterocycles. The first-order chi connectivity index (χ1) is 12.6. The third kappa shape index (κ3) is 2.86. The standard InChI is InChI=1S/C20H19N5O/c1-13(17-11-15-5-3-4-6-16(15)24-17)25(2)18(26)8-7-14-9-10-21-20-19(14)22-12-23-20/h3-13,24H,1-2H3,(H,21,22,23)/b8-7+. The van der Waals surface area contributed by atoms with Crippen LogP contribution in [-0.2, 0) is 4.79 Å². The Morgan fingerprint density at radius 3 is 2.92 bits per heavy atom. The minimum Gasteiger partial charge on any atom is -0.357 e. The highest BCUT2D eigenvalue weighted by Crippen LogP contribution is 2.23. The molecule has 0 aliphatic heterocycles. The molecule has 0 aliphatic rings. The highest BCUT2D eigenvalue weighted by atomic mass is 16.2. The van der Waals surface area contributed by atoms with Gasteiger partial charge in [-0.15, -0.1) is 0 Å². The molecule has 1 unspecified atom stereocenters. The van der Waals surface area contributed by atoms with Gasteiger partial charge in [0.25, 0.3) is 0 Å². The summed E-state index contributed by atoms with van der Waals surface area (Å²) in [6, 6.07) is 12.0. The molecular formula is C20H19N5O. The third-order valence-electron chi connectivity index (χ3n) is 4.69. The average Bonchev–Trinajstić information content (AvgIpc) is 3.31. The number of aromatic amines is 2. The number of amides is 1. The monoisotopic (exact) mass is 345 g/mol. The third-order valence-corrected chi connectivity index (χ3v) is 4.69. The van der Waals surface area contributed by atoms with Crippen molar-refractivity contribution in [3.05, 3.63) is 66.3 Å². The number of hydrogen-bond donors (Lipinski definition) is 2. The zero-order chi connectivity index (χ0) is 18.1. The molecule has 1 amide bonds. The van der Waals surface area contributed by atoms with Crippen LogP contribution >= 0.6 is 0 Å². The molecule has 1 aromatic carbocycles. The van der Waals surface area contributed by atoms with Crippen molar-refractivity contribution >= 4 is 34.1 Å². The van der Waals surface area contributed by atoms with Gasteiger partial charge in [0.2, 0.25) is 5.91 Å². The molecule has 130 valence electrons. The molecule has 0 fully saturated rings. The highest BCUT2D eigenvalue weighted by molar-refractivity contribution is 5.94. The van der Waals surface area contributed by atoms with E-state index >= 15 is 0 Å². The van der Waals surface area contributed by atoms with Gasteiger partial charge in [-0.25, -0.2) is 9.97 Å². The normalized spacial score (nSPS) is 12.8. The van der Waals surface area contributed by atoms with Crippen molar-refractivity contribution in [1.82, 2.24) is 24.8 Å². The van der Waals surface area contributed by atoms with E-state index in [0.717, 1.165) is 27.7 Å². The van der Waals surface area contributed by atoms with E-state index in [0.29, 0.717) is 5.65 Å². The Morgan fingerprint density at radius 1 is 1.23 bits per heavy atom. The number of H-pyrrole nitrogens is 2. The summed E-state index contributed by atoms with van der Waals surface area (Å²) in [4.78, 5) is 29.1. The van der Waals surface area contributed by atoms with Gasteiger partial charge >= 0.3 is 0 Å². The largest absolute Gasteiger partial charge is 0.357 e. The van der Waals surface area contributed by atoms with Crippen molar-refractivity contribution < 1.29 is 4.79 Å². The van der Waals surface area contributed by atoms with Gasteiger partial charge in [0.1, 0.15) is 0 Å². The number of carbonyl (C=O) groups excluding carboxylic acids is 1. The number of hydrogen-bond acceptors (Lipinski definition) is 3. The van der Waals surface area contributed by atoms with Crippen LogP contribution in [0, 0.1) is 0 Å². The highest BCUT2D eigenvalue weighted by Gasteiger charge is 2.17. The number of aromatic nitrogens is 4. The smallest absolute Gasteiger partial charge is 0.246 e. The minimum atomic E-state index is -0.0689. The van der Waals surface area contributed by atoms with Crippen molar-refractivity contribution in [1.29, 1.82) is 0 Å². The fourth-order valence-corrected chi connectivity index (χ4v) is 3.01. The Bertz CT molecular complexity index is 1070. The van der Waals surface area contributed by atoms with Gasteiger partial charge in [-0.05, 0) is 36.6 Å². The van der Waals surface area contributed by atoms with Crippen LogP contribution in [0.15, 0.2) is 55.0 Å². The Hall–Kier alpha value is -3.41. The van der Waals surface area contributed by atoms with Crippen molar-refractivity contribution in [2.75, 3.05) is 7.05 Å². The Labute approximate surface area is 150 Å². The predicted octanol–water partition coefficient (Wildman–Crippen LogP) is 3.67. The van der Waals surface area contributed by atoms with Crippen molar-refractivity contribution in [2.24, 2.45) is 0 Å². The lowest BCUT2D eigenvalue weighted by Gasteiger charge is -2.22. The number of fused-ring (bicyclic) bond motifs is 2. The first-order valence-electron chi connectivity index (χ1n) is 8.44. The van der Waals surface area contributed by atoms with Crippen molar-refractivity contribution in [3.63, 3.8) is 0 Å². The number of rotatable bonds is 4. The van der Waals surface area contributed by atoms with E-state index in [4.69, 9.17) is 0 Å². The lowest BCUT2D eigenvalue weighted by molar-refractivity contribution is -0.126. The number of nitrogens with zero attached hydrogens (tertiary/aromatic N) is 3. The first-order valence-corrected chi connectivity index (χ1v) is 8.44. The van der Waals surface area contributed by atoms with Crippen molar-refractivity contribution in [2.45, 2.75) is 13.0 Å². The summed E-state index contributed by atoms with van der Waals surface area (Å²) in [5, 5.41) is 1.14. The number of pyridine rings is 1. The molecule has 4 aromatic rings. The van der Waals surface area contributed by atoms with Gasteiger partial charge in [0, 0.05) is 36.1 Å². The lowest BCUT2D eigenvalue weighted by Crippen LogP contribution is -2.28. The van der Waals surface area contributed by atoms with E-state index in [1.54, 1.807) is 36.6 Å². The summed E-state index contributed by atoms with van der Waals surface area (Å²) in [6.07, 6.45) is 6.65. The van der Waals surface area contributed by atoms with Crippen LogP contribution in [0.2, 0.25) is 0 Å². The molecule has 3 aromatic heterocycles. The van der Waals surface area contributed by atoms with Gasteiger partial charge in [-0.1, -0.05) is 18.2 Å². The maximum Gasteiger partial charge on any atom is 0.246 e. The molecule has 6 nitrogen and oxygen atoms in total. The number of likely N-dealkylation sites (N-methyl/N-ethyl adjacent to an activating group) is 1. The molecule has 0 bridgehead atoms. The zero-order valence-corrected chi connectivity index (χ0v) is 14.6. The number of imidazole rings is 1. The van der Waals surface area contributed by atoms with Gasteiger partial charge in [0.05, 0.1) is 17.9 Å². The Balaban J connectivity index is 1.54. The number of para-hydroxylation sites is 1. The quantitative estimate of drug-likeness (QED) is 0.554. The molecule has 0 spiro atoms. The minimum absolute atomic E-state index is 0.0656.